The van der Waals surface area contributed by atoms with Crippen LogP contribution in [-0.2, 0) is 0 Å². The topological polar surface area (TPSA) is 67.5 Å². The van der Waals surface area contributed by atoms with Gasteiger partial charge in [0.15, 0.2) is 0 Å². The van der Waals surface area contributed by atoms with Gasteiger partial charge in [0.1, 0.15) is 11.3 Å². The Balaban J connectivity index is 2.35. The maximum atomic E-state index is 11.5. The normalized spacial score (nSPS) is 10.9. The minimum absolute atomic E-state index is 0.125. The molecule has 0 fully saturated rings. The molecule has 0 spiro atoms. The summed E-state index contributed by atoms with van der Waals surface area (Å²) in [5.41, 5.74) is 2.28. The molecule has 3 aromatic rings. The van der Waals surface area contributed by atoms with E-state index in [1.165, 1.54) is 4.52 Å². The molecule has 0 aromatic carbocycles. The molecule has 0 atom stereocenters. The molecule has 0 aliphatic carbocycles. The quantitative estimate of drug-likeness (QED) is 0.786. The van der Waals surface area contributed by atoms with Crippen LogP contribution in [0.25, 0.3) is 16.9 Å². The van der Waals surface area contributed by atoms with E-state index < -0.39 is 5.97 Å². The van der Waals surface area contributed by atoms with Gasteiger partial charge in [-0.25, -0.2) is 9.31 Å². The van der Waals surface area contributed by atoms with Crippen LogP contribution in [0.2, 0.25) is 5.02 Å². The van der Waals surface area contributed by atoms with E-state index in [0.717, 1.165) is 5.69 Å². The summed E-state index contributed by atoms with van der Waals surface area (Å²) in [4.78, 5) is 15.9. The second-order valence-electron chi connectivity index (χ2n) is 4.37. The number of pyridine rings is 2. The summed E-state index contributed by atoms with van der Waals surface area (Å²) in [7, 11) is 0. The lowest BCUT2D eigenvalue weighted by Crippen LogP contribution is -1.99. The van der Waals surface area contributed by atoms with E-state index in [2.05, 4.69) is 10.1 Å². The molecule has 0 aliphatic rings. The van der Waals surface area contributed by atoms with Crippen LogP contribution in [0.5, 0.6) is 0 Å². The van der Waals surface area contributed by atoms with Crippen LogP contribution in [0.3, 0.4) is 0 Å². The van der Waals surface area contributed by atoms with Gasteiger partial charge in [0, 0.05) is 11.9 Å². The molecule has 0 amide bonds. The first-order valence-corrected chi connectivity index (χ1v) is 6.29. The lowest BCUT2D eigenvalue weighted by Gasteiger charge is -1.99. The Morgan fingerprint density at radius 2 is 2.10 bits per heavy atom. The molecule has 0 radical (unpaired) electrons. The van der Waals surface area contributed by atoms with Crippen molar-refractivity contribution in [2.45, 2.75) is 6.92 Å². The van der Waals surface area contributed by atoms with Crippen molar-refractivity contribution in [3.63, 3.8) is 0 Å². The largest absolute Gasteiger partial charge is 0.478 e. The van der Waals surface area contributed by atoms with Crippen molar-refractivity contribution in [2.75, 3.05) is 0 Å². The predicted octanol–water partition coefficient (Wildman–Crippen LogP) is 3.06. The Labute approximate surface area is 119 Å². The molecule has 3 aromatic heterocycles. The molecule has 3 heterocycles. The molecule has 0 unspecified atom stereocenters. The van der Waals surface area contributed by atoms with E-state index in [1.807, 2.05) is 19.1 Å². The van der Waals surface area contributed by atoms with Gasteiger partial charge in [-0.15, -0.1) is 0 Å². The Morgan fingerprint density at radius 1 is 1.30 bits per heavy atom. The molecule has 0 bridgehead atoms. The highest BCUT2D eigenvalue weighted by Crippen LogP contribution is 2.26. The van der Waals surface area contributed by atoms with Crippen molar-refractivity contribution in [3.05, 3.63) is 52.8 Å². The SMILES string of the molecule is Cc1cccc(-c2nn3cc(Cl)ccc3c2C(=O)O)n1. The third-order valence-electron chi connectivity index (χ3n) is 2.94. The fourth-order valence-corrected chi connectivity index (χ4v) is 2.24. The summed E-state index contributed by atoms with van der Waals surface area (Å²) in [6.07, 6.45) is 1.57. The zero-order valence-electron chi connectivity index (χ0n) is 10.5. The Bertz CT molecular complexity index is 826. The van der Waals surface area contributed by atoms with Crippen LogP contribution in [0.1, 0.15) is 16.1 Å². The van der Waals surface area contributed by atoms with Crippen LogP contribution in [0.15, 0.2) is 36.5 Å². The van der Waals surface area contributed by atoms with E-state index in [4.69, 9.17) is 11.6 Å². The van der Waals surface area contributed by atoms with Gasteiger partial charge < -0.3 is 5.11 Å². The van der Waals surface area contributed by atoms with Gasteiger partial charge in [-0.1, -0.05) is 17.7 Å². The average molecular weight is 288 g/mol. The smallest absolute Gasteiger partial charge is 0.340 e. The van der Waals surface area contributed by atoms with Crippen molar-refractivity contribution in [2.24, 2.45) is 0 Å². The Morgan fingerprint density at radius 3 is 2.80 bits per heavy atom. The summed E-state index contributed by atoms with van der Waals surface area (Å²) in [5, 5.41) is 14.2. The summed E-state index contributed by atoms with van der Waals surface area (Å²) in [6.45, 7) is 1.84. The number of halogens is 1. The molecular formula is C14H10ClN3O2. The standard InChI is InChI=1S/C14H10ClN3O2/c1-8-3-2-4-10(16-8)13-12(14(19)20)11-6-5-9(15)7-18(11)17-13/h2-7H,1H3,(H,19,20). The summed E-state index contributed by atoms with van der Waals surface area (Å²) in [5.74, 6) is -1.04. The second-order valence-corrected chi connectivity index (χ2v) is 4.81. The minimum Gasteiger partial charge on any atom is -0.478 e. The van der Waals surface area contributed by atoms with E-state index in [1.54, 1.807) is 24.4 Å². The molecule has 6 heteroatoms. The summed E-state index contributed by atoms with van der Waals surface area (Å²) >= 11 is 5.91. The molecule has 1 N–H and O–H groups in total. The van der Waals surface area contributed by atoms with Gasteiger partial charge in [-0.05, 0) is 31.2 Å². The van der Waals surface area contributed by atoms with Crippen LogP contribution in [-0.4, -0.2) is 25.7 Å². The van der Waals surface area contributed by atoms with Gasteiger partial charge in [0.25, 0.3) is 0 Å². The van der Waals surface area contributed by atoms with E-state index in [9.17, 15) is 9.90 Å². The van der Waals surface area contributed by atoms with Crippen molar-refractivity contribution >= 4 is 23.1 Å². The summed E-state index contributed by atoms with van der Waals surface area (Å²) in [6, 6.07) is 8.68. The van der Waals surface area contributed by atoms with E-state index >= 15 is 0 Å². The second kappa shape index (κ2) is 4.61. The van der Waals surface area contributed by atoms with Crippen LogP contribution in [0, 0.1) is 6.92 Å². The zero-order valence-corrected chi connectivity index (χ0v) is 11.3. The number of rotatable bonds is 2. The van der Waals surface area contributed by atoms with Crippen LogP contribution < -0.4 is 0 Å². The third kappa shape index (κ3) is 2.02. The fourth-order valence-electron chi connectivity index (χ4n) is 2.09. The number of carbonyl (C=O) groups is 1. The number of carboxylic acids is 1. The highest BCUT2D eigenvalue weighted by atomic mass is 35.5. The van der Waals surface area contributed by atoms with E-state index in [0.29, 0.717) is 21.9 Å². The monoisotopic (exact) mass is 287 g/mol. The third-order valence-corrected chi connectivity index (χ3v) is 3.16. The molecule has 100 valence electrons. The minimum atomic E-state index is -1.04. The average Bonchev–Trinajstić information content (AvgIpc) is 2.77. The van der Waals surface area contributed by atoms with Crippen molar-refractivity contribution in [3.8, 4) is 11.4 Å². The van der Waals surface area contributed by atoms with Gasteiger partial charge in [-0.2, -0.15) is 5.10 Å². The lowest BCUT2D eigenvalue weighted by molar-refractivity contribution is 0.0700. The maximum Gasteiger partial charge on any atom is 0.340 e. The number of nitrogens with zero attached hydrogens (tertiary/aromatic N) is 3. The van der Waals surface area contributed by atoms with Gasteiger partial charge in [0.05, 0.1) is 16.2 Å². The number of carboxylic acid groups (broad SMARTS) is 1. The van der Waals surface area contributed by atoms with Crippen molar-refractivity contribution in [1.82, 2.24) is 14.6 Å². The first-order valence-electron chi connectivity index (χ1n) is 5.91. The highest BCUT2D eigenvalue weighted by Gasteiger charge is 2.21. The predicted molar refractivity (Wildman–Crippen MR) is 75.1 cm³/mol. The van der Waals surface area contributed by atoms with Gasteiger partial charge >= 0.3 is 5.97 Å². The van der Waals surface area contributed by atoms with Gasteiger partial charge in [-0.3, -0.25) is 4.98 Å². The first-order chi connectivity index (χ1) is 9.56. The van der Waals surface area contributed by atoms with Crippen molar-refractivity contribution in [1.29, 1.82) is 0 Å². The molecule has 3 rings (SSSR count). The first kappa shape index (κ1) is 12.6. The maximum absolute atomic E-state index is 11.5. The fraction of sp³-hybridized carbons (Fsp3) is 0.0714. The molecule has 0 saturated carbocycles. The number of aryl methyl sites for hydroxylation is 1. The summed E-state index contributed by atoms with van der Waals surface area (Å²) < 4.78 is 1.46. The van der Waals surface area contributed by atoms with Crippen LogP contribution in [0.4, 0.5) is 0 Å². The number of aromatic nitrogens is 3. The molecular weight excluding hydrogens is 278 g/mol. The molecule has 20 heavy (non-hydrogen) atoms. The highest BCUT2D eigenvalue weighted by molar-refractivity contribution is 6.30. The number of hydrogen-bond donors (Lipinski definition) is 1. The number of aromatic carboxylic acids is 1. The molecule has 0 aliphatic heterocycles. The van der Waals surface area contributed by atoms with Crippen LogP contribution >= 0.6 is 11.6 Å². The lowest BCUT2D eigenvalue weighted by atomic mass is 10.1. The number of fused-ring (bicyclic) bond motifs is 1. The Hall–Kier alpha value is -2.40. The zero-order chi connectivity index (χ0) is 14.3. The molecule has 0 saturated heterocycles. The van der Waals surface area contributed by atoms with E-state index in [-0.39, 0.29) is 5.56 Å². The van der Waals surface area contributed by atoms with Gasteiger partial charge in [0.2, 0.25) is 0 Å². The number of hydrogen-bond acceptors (Lipinski definition) is 3. The Kier molecular flexibility index (Phi) is 2.91. The van der Waals surface area contributed by atoms with Crippen molar-refractivity contribution < 1.29 is 9.90 Å². The molecule has 5 nitrogen and oxygen atoms in total.